The molecule has 0 amide bonds. The lowest BCUT2D eigenvalue weighted by Crippen LogP contribution is -2.16. The third-order valence-electron chi connectivity index (χ3n) is 1.69. The van der Waals surface area contributed by atoms with Gasteiger partial charge in [0.25, 0.3) is 0 Å². The normalized spacial score (nSPS) is 14.6. The fraction of sp³-hybridized carbons (Fsp3) is 0.286. The van der Waals surface area contributed by atoms with E-state index < -0.39 is 13.8 Å². The molecule has 9 heteroatoms. The Morgan fingerprint density at radius 1 is 1.44 bits per heavy atom. The van der Waals surface area contributed by atoms with Crippen LogP contribution < -0.4 is 9.47 Å². The van der Waals surface area contributed by atoms with Crippen LogP contribution in [-0.4, -0.2) is 29.0 Å². The van der Waals surface area contributed by atoms with E-state index in [1.54, 1.807) is 0 Å². The summed E-state index contributed by atoms with van der Waals surface area (Å²) in [4.78, 5) is 28.3. The van der Waals surface area contributed by atoms with Gasteiger partial charge in [0.05, 0.1) is 0 Å². The van der Waals surface area contributed by atoms with Gasteiger partial charge in [-0.05, 0) is 0 Å². The molecule has 0 unspecified atom stereocenters. The lowest BCUT2D eigenvalue weighted by molar-refractivity contribution is 0.0674. The van der Waals surface area contributed by atoms with Gasteiger partial charge in [-0.2, -0.15) is 0 Å². The van der Waals surface area contributed by atoms with Crippen molar-refractivity contribution in [2.75, 3.05) is 13.2 Å². The second-order valence-electron chi connectivity index (χ2n) is 2.82. The molecule has 0 aromatic carbocycles. The van der Waals surface area contributed by atoms with Gasteiger partial charge in [-0.3, -0.25) is 9.79 Å². The van der Waals surface area contributed by atoms with E-state index >= 15 is 0 Å². The standard InChI is InChI=1S/C7H7O7PS/c8-7(14-15(9,10)11)6-5-4(3-16-6)12-1-2-13-5/h3H,1-2H2,(H2,9,10,11). The Morgan fingerprint density at radius 3 is 2.81 bits per heavy atom. The molecule has 0 radical (unpaired) electrons. The molecule has 0 spiro atoms. The third kappa shape index (κ3) is 2.35. The second-order valence-corrected chi connectivity index (χ2v) is 4.87. The van der Waals surface area contributed by atoms with E-state index in [-0.39, 0.29) is 17.2 Å². The lowest BCUT2D eigenvalue weighted by atomic mass is 10.4. The minimum Gasteiger partial charge on any atom is -0.485 e. The first-order valence-electron chi connectivity index (χ1n) is 4.14. The average molecular weight is 266 g/mol. The summed E-state index contributed by atoms with van der Waals surface area (Å²) in [6.07, 6.45) is 0. The Morgan fingerprint density at radius 2 is 2.12 bits per heavy atom. The zero-order chi connectivity index (χ0) is 11.8. The summed E-state index contributed by atoms with van der Waals surface area (Å²) < 4.78 is 24.8. The molecule has 1 aromatic rings. The Labute approximate surface area is 93.8 Å². The highest BCUT2D eigenvalue weighted by molar-refractivity contribution is 7.47. The van der Waals surface area contributed by atoms with Crippen molar-refractivity contribution in [3.05, 3.63) is 10.3 Å². The van der Waals surface area contributed by atoms with E-state index in [0.29, 0.717) is 12.4 Å². The van der Waals surface area contributed by atoms with Crippen LogP contribution in [0.1, 0.15) is 9.67 Å². The molecule has 0 saturated carbocycles. The van der Waals surface area contributed by atoms with Crippen molar-refractivity contribution in [2.24, 2.45) is 0 Å². The van der Waals surface area contributed by atoms with E-state index in [2.05, 4.69) is 4.52 Å². The van der Waals surface area contributed by atoms with Gasteiger partial charge in [-0.25, -0.2) is 9.36 Å². The zero-order valence-electron chi connectivity index (χ0n) is 7.78. The second kappa shape index (κ2) is 4.06. The minimum absolute atomic E-state index is 0.0157. The van der Waals surface area contributed by atoms with E-state index in [9.17, 15) is 9.36 Å². The van der Waals surface area contributed by atoms with Gasteiger partial charge in [-0.1, -0.05) is 0 Å². The summed E-state index contributed by atoms with van der Waals surface area (Å²) >= 11 is 0.946. The summed E-state index contributed by atoms with van der Waals surface area (Å²) in [6.45, 7) is 0.649. The maximum atomic E-state index is 11.4. The maximum absolute atomic E-state index is 11.4. The quantitative estimate of drug-likeness (QED) is 0.762. The number of phosphoric acid groups is 1. The van der Waals surface area contributed by atoms with Gasteiger partial charge < -0.3 is 14.0 Å². The molecule has 2 heterocycles. The Kier molecular flexibility index (Phi) is 2.90. The number of ether oxygens (including phenoxy) is 2. The lowest BCUT2D eigenvalue weighted by Gasteiger charge is -2.15. The van der Waals surface area contributed by atoms with Crippen LogP contribution in [0.4, 0.5) is 0 Å². The van der Waals surface area contributed by atoms with Crippen LogP contribution in [0.3, 0.4) is 0 Å². The van der Waals surface area contributed by atoms with Gasteiger partial charge in [0, 0.05) is 5.38 Å². The fourth-order valence-electron chi connectivity index (χ4n) is 1.15. The van der Waals surface area contributed by atoms with Gasteiger partial charge in [0.15, 0.2) is 16.4 Å². The molecule has 1 aliphatic heterocycles. The Balaban J connectivity index is 2.24. The number of rotatable bonds is 2. The molecule has 0 aliphatic carbocycles. The number of hydrogen-bond donors (Lipinski definition) is 2. The van der Waals surface area contributed by atoms with Crippen LogP contribution in [0.5, 0.6) is 11.5 Å². The van der Waals surface area contributed by atoms with Crippen molar-refractivity contribution >= 4 is 25.1 Å². The molecule has 0 saturated heterocycles. The van der Waals surface area contributed by atoms with Crippen LogP contribution in [0.25, 0.3) is 0 Å². The number of hydrogen-bond acceptors (Lipinski definition) is 6. The topological polar surface area (TPSA) is 102 Å². The van der Waals surface area contributed by atoms with Gasteiger partial charge in [0.2, 0.25) is 0 Å². The molecular formula is C7H7O7PS. The molecular weight excluding hydrogens is 259 g/mol. The average Bonchev–Trinajstić information content (AvgIpc) is 2.58. The molecule has 7 nitrogen and oxygen atoms in total. The number of fused-ring (bicyclic) bond motifs is 1. The van der Waals surface area contributed by atoms with E-state index in [0.717, 1.165) is 11.3 Å². The number of carbonyl (C=O) groups excluding carboxylic acids is 1. The van der Waals surface area contributed by atoms with Crippen LogP contribution in [-0.2, 0) is 9.09 Å². The van der Waals surface area contributed by atoms with Crippen molar-refractivity contribution in [1.29, 1.82) is 0 Å². The predicted molar refractivity (Wildman–Crippen MR) is 52.8 cm³/mol. The monoisotopic (exact) mass is 266 g/mol. The predicted octanol–water partition coefficient (Wildman–Crippen LogP) is 0.769. The highest BCUT2D eigenvalue weighted by Crippen LogP contribution is 2.43. The van der Waals surface area contributed by atoms with Crippen LogP contribution in [0.2, 0.25) is 0 Å². The van der Waals surface area contributed by atoms with E-state index in [1.807, 2.05) is 0 Å². The molecule has 88 valence electrons. The van der Waals surface area contributed by atoms with Crippen molar-refractivity contribution < 1.29 is 33.1 Å². The van der Waals surface area contributed by atoms with Crippen molar-refractivity contribution in [2.45, 2.75) is 0 Å². The molecule has 2 N–H and O–H groups in total. The molecule has 1 aromatic heterocycles. The molecule has 0 fully saturated rings. The van der Waals surface area contributed by atoms with Crippen LogP contribution >= 0.6 is 19.2 Å². The number of thiophene rings is 1. The number of phosphoric ester groups is 1. The number of carbonyl (C=O) groups is 1. The zero-order valence-corrected chi connectivity index (χ0v) is 9.49. The molecule has 0 atom stereocenters. The first kappa shape index (κ1) is 11.4. The summed E-state index contributed by atoms with van der Waals surface area (Å²) in [5, 5.41) is 1.52. The summed E-state index contributed by atoms with van der Waals surface area (Å²) in [5.74, 6) is -0.561. The van der Waals surface area contributed by atoms with Crippen molar-refractivity contribution in [3.63, 3.8) is 0 Å². The van der Waals surface area contributed by atoms with Crippen molar-refractivity contribution in [1.82, 2.24) is 0 Å². The highest BCUT2D eigenvalue weighted by atomic mass is 32.1. The maximum Gasteiger partial charge on any atom is 0.527 e. The van der Waals surface area contributed by atoms with Gasteiger partial charge in [0.1, 0.15) is 13.2 Å². The van der Waals surface area contributed by atoms with Gasteiger partial charge in [-0.15, -0.1) is 11.3 Å². The van der Waals surface area contributed by atoms with E-state index in [1.165, 1.54) is 5.38 Å². The summed E-state index contributed by atoms with van der Waals surface area (Å²) in [5.41, 5.74) is 0. The Hall–Kier alpha value is -1.08. The molecule has 2 rings (SSSR count). The third-order valence-corrected chi connectivity index (χ3v) is 3.01. The van der Waals surface area contributed by atoms with E-state index in [4.69, 9.17) is 19.3 Å². The summed E-state index contributed by atoms with van der Waals surface area (Å²) in [7, 11) is -4.84. The minimum atomic E-state index is -4.84. The Bertz CT molecular complexity index is 461. The first-order valence-corrected chi connectivity index (χ1v) is 6.55. The molecule has 1 aliphatic rings. The SMILES string of the molecule is O=C(OP(=O)(O)O)c1scc2c1OCCO2. The largest absolute Gasteiger partial charge is 0.527 e. The smallest absolute Gasteiger partial charge is 0.485 e. The van der Waals surface area contributed by atoms with Crippen LogP contribution in [0, 0.1) is 0 Å². The summed E-state index contributed by atoms with van der Waals surface area (Å²) in [6, 6.07) is 0. The first-order chi connectivity index (χ1) is 7.47. The highest BCUT2D eigenvalue weighted by Gasteiger charge is 2.29. The van der Waals surface area contributed by atoms with Crippen LogP contribution in [0.15, 0.2) is 5.38 Å². The van der Waals surface area contributed by atoms with Gasteiger partial charge >= 0.3 is 13.8 Å². The molecule has 16 heavy (non-hydrogen) atoms. The fourth-order valence-corrected chi connectivity index (χ4v) is 2.33. The van der Waals surface area contributed by atoms with Crippen molar-refractivity contribution in [3.8, 4) is 11.5 Å². The molecule has 0 bridgehead atoms.